The van der Waals surface area contributed by atoms with Gasteiger partial charge in [-0.15, -0.1) is 0 Å². The zero-order valence-electron chi connectivity index (χ0n) is 23.7. The van der Waals surface area contributed by atoms with E-state index in [1.807, 2.05) is 39.8 Å². The van der Waals surface area contributed by atoms with Gasteiger partial charge in [0, 0.05) is 13.1 Å². The second-order valence-electron chi connectivity index (χ2n) is 10.3. The average Bonchev–Trinajstić information content (AvgIpc) is 2.93. The van der Waals surface area contributed by atoms with Crippen LogP contribution in [0.3, 0.4) is 0 Å². The molecule has 0 spiro atoms. The number of sulfonamides is 1. The molecular formula is C31H38FN3O4S. The highest BCUT2D eigenvalue weighted by molar-refractivity contribution is 7.92. The number of carbonyl (C=O) groups is 2. The summed E-state index contributed by atoms with van der Waals surface area (Å²) in [7, 11) is -4.14. The van der Waals surface area contributed by atoms with Crippen LogP contribution in [0.5, 0.6) is 0 Å². The molecule has 40 heavy (non-hydrogen) atoms. The molecule has 0 saturated carbocycles. The van der Waals surface area contributed by atoms with Gasteiger partial charge in [0.1, 0.15) is 18.4 Å². The van der Waals surface area contributed by atoms with Gasteiger partial charge >= 0.3 is 0 Å². The van der Waals surface area contributed by atoms with Gasteiger partial charge in [0.15, 0.2) is 0 Å². The van der Waals surface area contributed by atoms with E-state index in [1.165, 1.54) is 29.2 Å². The first-order chi connectivity index (χ1) is 18.9. The third kappa shape index (κ3) is 7.69. The number of para-hydroxylation sites is 1. The molecule has 3 aromatic carbocycles. The monoisotopic (exact) mass is 567 g/mol. The van der Waals surface area contributed by atoms with Crippen molar-refractivity contribution in [1.29, 1.82) is 0 Å². The summed E-state index contributed by atoms with van der Waals surface area (Å²) in [5.74, 6) is -1.13. The van der Waals surface area contributed by atoms with Crippen molar-refractivity contribution >= 4 is 27.5 Å². The first-order valence-electron chi connectivity index (χ1n) is 13.4. The van der Waals surface area contributed by atoms with E-state index in [0.717, 1.165) is 15.4 Å². The second-order valence-corrected chi connectivity index (χ2v) is 12.1. The largest absolute Gasteiger partial charge is 0.354 e. The molecule has 0 aliphatic carbocycles. The fourth-order valence-electron chi connectivity index (χ4n) is 4.23. The van der Waals surface area contributed by atoms with Crippen molar-refractivity contribution in [3.8, 4) is 0 Å². The van der Waals surface area contributed by atoms with Gasteiger partial charge in [-0.05, 0) is 67.6 Å². The van der Waals surface area contributed by atoms with E-state index < -0.39 is 34.3 Å². The van der Waals surface area contributed by atoms with Crippen LogP contribution in [0, 0.1) is 18.7 Å². The predicted octanol–water partition coefficient (Wildman–Crippen LogP) is 5.08. The SMILES string of the molecule is CCc1ccccc1N(CC(=O)N(Cc1ccc(F)cc1)[C@H](C)C(=O)NCC(C)C)S(=O)(=O)c1ccc(C)cc1. The lowest BCUT2D eigenvalue weighted by Gasteiger charge is -2.32. The van der Waals surface area contributed by atoms with Crippen LogP contribution in [0.15, 0.2) is 77.7 Å². The van der Waals surface area contributed by atoms with Crippen LogP contribution >= 0.6 is 0 Å². The summed E-state index contributed by atoms with van der Waals surface area (Å²) in [6.45, 7) is 9.23. The van der Waals surface area contributed by atoms with Crippen LogP contribution in [0.1, 0.15) is 44.4 Å². The fraction of sp³-hybridized carbons (Fsp3) is 0.355. The molecule has 9 heteroatoms. The van der Waals surface area contributed by atoms with Gasteiger partial charge < -0.3 is 10.2 Å². The maximum absolute atomic E-state index is 14.0. The lowest BCUT2D eigenvalue weighted by molar-refractivity contribution is -0.139. The number of hydrogen-bond donors (Lipinski definition) is 1. The van der Waals surface area contributed by atoms with Gasteiger partial charge in [0.2, 0.25) is 11.8 Å². The maximum atomic E-state index is 14.0. The summed E-state index contributed by atoms with van der Waals surface area (Å²) in [5, 5.41) is 2.85. The van der Waals surface area contributed by atoms with Crippen molar-refractivity contribution in [2.45, 2.75) is 58.5 Å². The molecule has 1 atom stereocenters. The molecule has 3 rings (SSSR count). The molecular weight excluding hydrogens is 529 g/mol. The molecule has 0 saturated heterocycles. The first kappa shape index (κ1) is 30.8. The molecule has 7 nitrogen and oxygen atoms in total. The number of rotatable bonds is 12. The quantitative estimate of drug-likeness (QED) is 0.331. The summed E-state index contributed by atoms with van der Waals surface area (Å²) in [6.07, 6.45) is 0.553. The molecule has 0 aromatic heterocycles. The summed E-state index contributed by atoms with van der Waals surface area (Å²) >= 11 is 0. The number of carbonyl (C=O) groups excluding carboxylic acids is 2. The number of nitrogens with one attached hydrogen (secondary N) is 1. The molecule has 0 unspecified atom stereocenters. The van der Waals surface area contributed by atoms with Crippen molar-refractivity contribution in [1.82, 2.24) is 10.2 Å². The van der Waals surface area contributed by atoms with E-state index in [1.54, 1.807) is 43.3 Å². The first-order valence-corrected chi connectivity index (χ1v) is 14.9. The minimum Gasteiger partial charge on any atom is -0.354 e. The zero-order chi connectivity index (χ0) is 29.4. The number of halogens is 1. The predicted molar refractivity (Wildman–Crippen MR) is 156 cm³/mol. The highest BCUT2D eigenvalue weighted by atomic mass is 32.2. The van der Waals surface area contributed by atoms with Crippen molar-refractivity contribution in [3.63, 3.8) is 0 Å². The molecule has 0 aliphatic rings. The summed E-state index contributed by atoms with van der Waals surface area (Å²) in [5.41, 5.74) is 2.68. The molecule has 0 radical (unpaired) electrons. The highest BCUT2D eigenvalue weighted by Crippen LogP contribution is 2.28. The molecule has 0 heterocycles. The third-order valence-corrected chi connectivity index (χ3v) is 8.42. The lowest BCUT2D eigenvalue weighted by Crippen LogP contribution is -2.51. The number of benzene rings is 3. The highest BCUT2D eigenvalue weighted by Gasteiger charge is 2.33. The smallest absolute Gasteiger partial charge is 0.264 e. The topological polar surface area (TPSA) is 86.8 Å². The van der Waals surface area contributed by atoms with Gasteiger partial charge in [-0.3, -0.25) is 13.9 Å². The maximum Gasteiger partial charge on any atom is 0.264 e. The summed E-state index contributed by atoms with van der Waals surface area (Å²) < 4.78 is 42.7. The standard InChI is InChI=1S/C31H38FN3O4S/c1-6-26-9-7-8-10-29(26)35(40(38,39)28-17-11-23(4)12-18-28)21-30(36)34(20-25-13-15-27(32)16-14-25)24(5)31(37)33-19-22(2)3/h7-18,22,24H,6,19-21H2,1-5H3,(H,33,37)/t24-/m1/s1. The van der Waals surface area contributed by atoms with Crippen LogP contribution in [-0.2, 0) is 32.6 Å². The number of hydrogen-bond acceptors (Lipinski definition) is 4. The molecule has 2 amide bonds. The normalized spacial score (nSPS) is 12.2. The third-order valence-electron chi connectivity index (χ3n) is 6.65. The Morgan fingerprint density at radius 3 is 2.15 bits per heavy atom. The van der Waals surface area contributed by atoms with E-state index in [4.69, 9.17) is 0 Å². The summed E-state index contributed by atoms with van der Waals surface area (Å²) in [4.78, 5) is 28.4. The Bertz CT molecular complexity index is 1410. The van der Waals surface area contributed by atoms with Gasteiger partial charge in [-0.25, -0.2) is 12.8 Å². The van der Waals surface area contributed by atoms with E-state index >= 15 is 0 Å². The minimum absolute atomic E-state index is 0.00320. The Labute approximate surface area is 237 Å². The van der Waals surface area contributed by atoms with Gasteiger partial charge in [0.25, 0.3) is 10.0 Å². The van der Waals surface area contributed by atoms with Crippen molar-refractivity contribution in [2.75, 3.05) is 17.4 Å². The second kappa shape index (κ2) is 13.6. The Hall–Kier alpha value is -3.72. The fourth-order valence-corrected chi connectivity index (χ4v) is 5.68. The van der Waals surface area contributed by atoms with Gasteiger partial charge in [-0.2, -0.15) is 0 Å². The molecule has 1 N–H and O–H groups in total. The Balaban J connectivity index is 2.04. The van der Waals surface area contributed by atoms with Crippen LogP contribution in [-0.4, -0.2) is 44.3 Å². The zero-order valence-corrected chi connectivity index (χ0v) is 24.5. The number of aryl methyl sites for hydroxylation is 2. The Kier molecular flexibility index (Phi) is 10.5. The Morgan fingerprint density at radius 1 is 0.925 bits per heavy atom. The summed E-state index contributed by atoms with van der Waals surface area (Å²) in [6, 6.07) is 18.3. The van der Waals surface area contributed by atoms with Crippen molar-refractivity contribution < 1.29 is 22.4 Å². The Morgan fingerprint density at radius 2 is 1.55 bits per heavy atom. The van der Waals surface area contributed by atoms with E-state index in [9.17, 15) is 22.4 Å². The van der Waals surface area contributed by atoms with Crippen LogP contribution in [0.2, 0.25) is 0 Å². The molecule has 0 bridgehead atoms. The number of nitrogens with zero attached hydrogens (tertiary/aromatic N) is 2. The molecule has 3 aromatic rings. The van der Waals surface area contributed by atoms with Crippen LogP contribution < -0.4 is 9.62 Å². The lowest BCUT2D eigenvalue weighted by atomic mass is 10.1. The van der Waals surface area contributed by atoms with Crippen LogP contribution in [0.4, 0.5) is 10.1 Å². The van der Waals surface area contributed by atoms with E-state index in [-0.39, 0.29) is 23.3 Å². The molecule has 214 valence electrons. The van der Waals surface area contributed by atoms with Crippen molar-refractivity contribution in [3.05, 3.63) is 95.3 Å². The van der Waals surface area contributed by atoms with E-state index in [2.05, 4.69) is 5.32 Å². The van der Waals surface area contributed by atoms with Crippen molar-refractivity contribution in [2.24, 2.45) is 5.92 Å². The van der Waals surface area contributed by atoms with Gasteiger partial charge in [0.05, 0.1) is 10.6 Å². The van der Waals surface area contributed by atoms with Gasteiger partial charge in [-0.1, -0.05) is 68.8 Å². The minimum atomic E-state index is -4.14. The van der Waals surface area contributed by atoms with Crippen LogP contribution in [0.25, 0.3) is 0 Å². The molecule has 0 aliphatic heterocycles. The van der Waals surface area contributed by atoms with E-state index in [0.29, 0.717) is 24.2 Å². The number of anilines is 1. The average molecular weight is 568 g/mol. The number of amides is 2. The molecule has 0 fully saturated rings.